The summed E-state index contributed by atoms with van der Waals surface area (Å²) in [6.45, 7) is 0.258. The standard InChI is InChI=1S/C12H12FN3O4/c13-7-1-3-10(16(19)20)9(5-7)12(18)15-8-2-4-11(17)14-6-8/h1,3,5,8H,2,4,6H2,(H,14,17)(H,15,18). The maximum absolute atomic E-state index is 13.1. The van der Waals surface area contributed by atoms with Crippen molar-refractivity contribution in [2.24, 2.45) is 0 Å². The molecule has 0 aromatic heterocycles. The van der Waals surface area contributed by atoms with Gasteiger partial charge < -0.3 is 10.6 Å². The van der Waals surface area contributed by atoms with E-state index >= 15 is 0 Å². The normalized spacial score (nSPS) is 18.2. The molecule has 0 aliphatic carbocycles. The smallest absolute Gasteiger partial charge is 0.282 e. The third-order valence-electron chi connectivity index (χ3n) is 3.00. The van der Waals surface area contributed by atoms with Crippen molar-refractivity contribution in [1.29, 1.82) is 0 Å². The number of amides is 2. The molecular weight excluding hydrogens is 269 g/mol. The Morgan fingerprint density at radius 2 is 2.25 bits per heavy atom. The molecule has 1 aliphatic rings. The lowest BCUT2D eigenvalue weighted by atomic mass is 10.1. The van der Waals surface area contributed by atoms with Crippen molar-refractivity contribution in [2.75, 3.05) is 6.54 Å². The summed E-state index contributed by atoms with van der Waals surface area (Å²) in [6, 6.07) is 2.39. The minimum Gasteiger partial charge on any atom is -0.354 e. The Morgan fingerprint density at radius 3 is 2.85 bits per heavy atom. The van der Waals surface area contributed by atoms with Crippen molar-refractivity contribution in [1.82, 2.24) is 10.6 Å². The number of halogens is 1. The van der Waals surface area contributed by atoms with Crippen LogP contribution in [0.3, 0.4) is 0 Å². The Morgan fingerprint density at radius 1 is 1.50 bits per heavy atom. The molecule has 1 saturated heterocycles. The zero-order valence-electron chi connectivity index (χ0n) is 10.4. The molecule has 1 aromatic carbocycles. The number of nitro benzene ring substituents is 1. The van der Waals surface area contributed by atoms with Crippen LogP contribution in [0.15, 0.2) is 18.2 Å². The van der Waals surface area contributed by atoms with E-state index in [-0.39, 0.29) is 30.5 Å². The van der Waals surface area contributed by atoms with E-state index in [0.717, 1.165) is 18.2 Å². The quantitative estimate of drug-likeness (QED) is 0.630. The monoisotopic (exact) mass is 281 g/mol. The van der Waals surface area contributed by atoms with Crippen LogP contribution in [0.2, 0.25) is 0 Å². The molecule has 1 fully saturated rings. The first kappa shape index (κ1) is 13.9. The summed E-state index contributed by atoms with van der Waals surface area (Å²) in [5.74, 6) is -1.55. The number of hydrogen-bond donors (Lipinski definition) is 2. The first-order valence-corrected chi connectivity index (χ1v) is 5.99. The summed E-state index contributed by atoms with van der Waals surface area (Å²) in [6.07, 6.45) is 0.719. The predicted octanol–water partition coefficient (Wildman–Crippen LogP) is 0.742. The van der Waals surface area contributed by atoms with Crippen LogP contribution in [0.4, 0.5) is 10.1 Å². The highest BCUT2D eigenvalue weighted by molar-refractivity contribution is 5.98. The van der Waals surface area contributed by atoms with Crippen LogP contribution in [0.5, 0.6) is 0 Å². The van der Waals surface area contributed by atoms with E-state index < -0.39 is 22.3 Å². The Hall–Kier alpha value is -2.51. The highest BCUT2D eigenvalue weighted by Crippen LogP contribution is 2.19. The van der Waals surface area contributed by atoms with Crippen molar-refractivity contribution in [3.05, 3.63) is 39.7 Å². The van der Waals surface area contributed by atoms with Crippen LogP contribution < -0.4 is 10.6 Å². The summed E-state index contributed by atoms with van der Waals surface area (Å²) in [7, 11) is 0. The fourth-order valence-corrected chi connectivity index (χ4v) is 1.97. The van der Waals surface area contributed by atoms with Gasteiger partial charge in [-0.05, 0) is 18.6 Å². The van der Waals surface area contributed by atoms with Crippen LogP contribution in [-0.2, 0) is 4.79 Å². The van der Waals surface area contributed by atoms with Gasteiger partial charge in [0.05, 0.1) is 4.92 Å². The van der Waals surface area contributed by atoms with Crippen molar-refractivity contribution < 1.29 is 18.9 Å². The highest BCUT2D eigenvalue weighted by Gasteiger charge is 2.25. The average Bonchev–Trinajstić information content (AvgIpc) is 2.41. The molecule has 0 spiro atoms. The molecule has 20 heavy (non-hydrogen) atoms. The lowest BCUT2D eigenvalue weighted by Gasteiger charge is -2.23. The van der Waals surface area contributed by atoms with E-state index in [1.807, 2.05) is 0 Å². The van der Waals surface area contributed by atoms with Gasteiger partial charge in [-0.15, -0.1) is 0 Å². The molecular formula is C12H12FN3O4. The van der Waals surface area contributed by atoms with E-state index in [9.17, 15) is 24.1 Å². The first-order chi connectivity index (χ1) is 9.47. The van der Waals surface area contributed by atoms with Crippen molar-refractivity contribution in [2.45, 2.75) is 18.9 Å². The van der Waals surface area contributed by atoms with E-state index in [4.69, 9.17) is 0 Å². The molecule has 8 heteroatoms. The zero-order valence-corrected chi connectivity index (χ0v) is 10.4. The summed E-state index contributed by atoms with van der Waals surface area (Å²) in [5, 5.41) is 15.9. The molecule has 0 saturated carbocycles. The lowest BCUT2D eigenvalue weighted by Crippen LogP contribution is -2.47. The Bertz CT molecular complexity index is 566. The van der Waals surface area contributed by atoms with Crippen LogP contribution in [0.25, 0.3) is 0 Å². The number of nitro groups is 1. The fraction of sp³-hybridized carbons (Fsp3) is 0.333. The van der Waals surface area contributed by atoms with Crippen molar-refractivity contribution in [3.8, 4) is 0 Å². The van der Waals surface area contributed by atoms with Gasteiger partial charge in [0.15, 0.2) is 0 Å². The van der Waals surface area contributed by atoms with E-state index in [0.29, 0.717) is 6.42 Å². The number of nitrogens with one attached hydrogen (secondary N) is 2. The molecule has 7 nitrogen and oxygen atoms in total. The fourth-order valence-electron chi connectivity index (χ4n) is 1.97. The minimum atomic E-state index is -0.739. The molecule has 1 heterocycles. The van der Waals surface area contributed by atoms with Crippen LogP contribution in [0.1, 0.15) is 23.2 Å². The highest BCUT2D eigenvalue weighted by atomic mass is 19.1. The Kier molecular flexibility index (Phi) is 3.92. The molecule has 2 N–H and O–H groups in total. The number of rotatable bonds is 3. The maximum Gasteiger partial charge on any atom is 0.282 e. The molecule has 1 unspecified atom stereocenters. The van der Waals surface area contributed by atoms with Gasteiger partial charge in [0.1, 0.15) is 11.4 Å². The van der Waals surface area contributed by atoms with Crippen molar-refractivity contribution >= 4 is 17.5 Å². The summed E-state index contributed by atoms with van der Waals surface area (Å²) >= 11 is 0. The number of carbonyl (C=O) groups excluding carboxylic acids is 2. The predicted molar refractivity (Wildman–Crippen MR) is 66.6 cm³/mol. The van der Waals surface area contributed by atoms with Crippen molar-refractivity contribution in [3.63, 3.8) is 0 Å². The molecule has 2 amide bonds. The third kappa shape index (κ3) is 3.08. The van der Waals surface area contributed by atoms with Crippen LogP contribution in [0, 0.1) is 15.9 Å². The molecule has 106 valence electrons. The van der Waals surface area contributed by atoms with Gasteiger partial charge in [-0.1, -0.05) is 0 Å². The second-order valence-corrected chi connectivity index (χ2v) is 4.43. The summed E-state index contributed by atoms with van der Waals surface area (Å²) in [4.78, 5) is 33.0. The van der Waals surface area contributed by atoms with Gasteiger partial charge in [-0.3, -0.25) is 19.7 Å². The van der Waals surface area contributed by atoms with Gasteiger partial charge in [0.2, 0.25) is 5.91 Å². The molecule has 2 rings (SSSR count). The van der Waals surface area contributed by atoms with Gasteiger partial charge in [0.25, 0.3) is 11.6 Å². The summed E-state index contributed by atoms with van der Waals surface area (Å²) < 4.78 is 13.1. The second kappa shape index (κ2) is 5.64. The third-order valence-corrected chi connectivity index (χ3v) is 3.00. The van der Waals surface area contributed by atoms with E-state index in [2.05, 4.69) is 10.6 Å². The maximum atomic E-state index is 13.1. The van der Waals surface area contributed by atoms with Gasteiger partial charge in [0, 0.05) is 25.1 Å². The molecule has 0 radical (unpaired) electrons. The number of nitrogens with zero attached hydrogens (tertiary/aromatic N) is 1. The molecule has 1 aromatic rings. The Balaban J connectivity index is 2.14. The largest absolute Gasteiger partial charge is 0.354 e. The van der Waals surface area contributed by atoms with Gasteiger partial charge >= 0.3 is 0 Å². The summed E-state index contributed by atoms with van der Waals surface area (Å²) in [5.41, 5.74) is -0.782. The SMILES string of the molecule is O=C1CCC(NC(=O)c2cc(F)ccc2[N+](=O)[O-])CN1. The number of piperidine rings is 1. The minimum absolute atomic E-state index is 0.104. The molecule has 1 aliphatic heterocycles. The first-order valence-electron chi connectivity index (χ1n) is 5.99. The second-order valence-electron chi connectivity index (χ2n) is 4.43. The van der Waals surface area contributed by atoms with Crippen LogP contribution >= 0.6 is 0 Å². The number of hydrogen-bond acceptors (Lipinski definition) is 4. The number of benzene rings is 1. The van der Waals surface area contributed by atoms with Gasteiger partial charge in [-0.25, -0.2) is 4.39 Å². The van der Waals surface area contributed by atoms with E-state index in [1.165, 1.54) is 0 Å². The molecule has 1 atom stereocenters. The lowest BCUT2D eigenvalue weighted by molar-refractivity contribution is -0.385. The Labute approximate surface area is 113 Å². The molecule has 0 bridgehead atoms. The van der Waals surface area contributed by atoms with E-state index in [1.54, 1.807) is 0 Å². The zero-order chi connectivity index (χ0) is 14.7. The number of carbonyl (C=O) groups is 2. The average molecular weight is 281 g/mol. The van der Waals surface area contributed by atoms with Gasteiger partial charge in [-0.2, -0.15) is 0 Å². The topological polar surface area (TPSA) is 101 Å². The van der Waals surface area contributed by atoms with Crippen LogP contribution in [-0.4, -0.2) is 29.3 Å².